The van der Waals surface area contributed by atoms with Gasteiger partial charge in [-0.25, -0.2) is 8.42 Å². The van der Waals surface area contributed by atoms with E-state index in [0.717, 1.165) is 8.78 Å². The number of methoxy groups -OCH3 is 1. The molecule has 8 heteroatoms. The van der Waals surface area contributed by atoms with Crippen LogP contribution in [0.15, 0.2) is 88.2 Å². The van der Waals surface area contributed by atoms with Crippen molar-refractivity contribution in [2.24, 2.45) is 0 Å². The SMILES string of the molecule is COc1ccc(N(C(=O)COc2cccc(Br)c2)S(=O)(=O)c2ccccc2)cc1. The van der Waals surface area contributed by atoms with Crippen LogP contribution in [-0.4, -0.2) is 28.0 Å². The van der Waals surface area contributed by atoms with Gasteiger partial charge in [0.1, 0.15) is 11.5 Å². The van der Waals surface area contributed by atoms with Crippen LogP contribution in [0.1, 0.15) is 0 Å². The van der Waals surface area contributed by atoms with Crippen LogP contribution >= 0.6 is 15.9 Å². The molecule has 150 valence electrons. The lowest BCUT2D eigenvalue weighted by Gasteiger charge is -2.23. The Bertz CT molecular complexity index is 1090. The first kappa shape index (κ1) is 20.9. The molecule has 6 nitrogen and oxygen atoms in total. The summed E-state index contributed by atoms with van der Waals surface area (Å²) in [6.07, 6.45) is 0. The first-order chi connectivity index (χ1) is 13.9. The molecule has 3 aromatic carbocycles. The third kappa shape index (κ3) is 4.96. The number of nitrogens with zero attached hydrogens (tertiary/aromatic N) is 1. The number of hydrogen-bond acceptors (Lipinski definition) is 5. The maximum Gasteiger partial charge on any atom is 0.278 e. The van der Waals surface area contributed by atoms with E-state index < -0.39 is 22.5 Å². The molecule has 1 amide bonds. The predicted molar refractivity (Wildman–Crippen MR) is 114 cm³/mol. The fourth-order valence-corrected chi connectivity index (χ4v) is 4.40. The van der Waals surface area contributed by atoms with Crippen molar-refractivity contribution in [3.63, 3.8) is 0 Å². The second-order valence-corrected chi connectivity index (χ2v) is 8.62. The Hall–Kier alpha value is -2.84. The summed E-state index contributed by atoms with van der Waals surface area (Å²) < 4.78 is 38.6. The van der Waals surface area contributed by atoms with E-state index in [1.54, 1.807) is 48.5 Å². The molecule has 0 bridgehead atoms. The van der Waals surface area contributed by atoms with Crippen molar-refractivity contribution in [3.8, 4) is 11.5 Å². The lowest BCUT2D eigenvalue weighted by Crippen LogP contribution is -2.40. The molecule has 0 aliphatic heterocycles. The third-order valence-corrected chi connectivity index (χ3v) is 6.23. The van der Waals surface area contributed by atoms with Crippen molar-refractivity contribution in [1.82, 2.24) is 0 Å². The molecule has 3 rings (SSSR count). The summed E-state index contributed by atoms with van der Waals surface area (Å²) in [4.78, 5) is 13.0. The molecular formula is C21H18BrNO5S. The van der Waals surface area contributed by atoms with Crippen molar-refractivity contribution in [3.05, 3.63) is 83.3 Å². The molecule has 0 atom stereocenters. The number of amides is 1. The zero-order chi connectivity index (χ0) is 20.9. The van der Waals surface area contributed by atoms with E-state index in [9.17, 15) is 13.2 Å². The zero-order valence-electron chi connectivity index (χ0n) is 15.5. The number of ether oxygens (including phenoxy) is 2. The number of carbonyl (C=O) groups is 1. The number of sulfonamides is 1. The summed E-state index contributed by atoms with van der Waals surface area (Å²) in [7, 11) is -2.63. The lowest BCUT2D eigenvalue weighted by molar-refractivity contribution is -0.119. The Morgan fingerprint density at radius 3 is 2.24 bits per heavy atom. The van der Waals surface area contributed by atoms with Crippen LogP contribution in [0.3, 0.4) is 0 Å². The first-order valence-corrected chi connectivity index (χ1v) is 10.8. The van der Waals surface area contributed by atoms with Gasteiger partial charge < -0.3 is 9.47 Å². The smallest absolute Gasteiger partial charge is 0.278 e. The van der Waals surface area contributed by atoms with Gasteiger partial charge in [-0.3, -0.25) is 4.79 Å². The zero-order valence-corrected chi connectivity index (χ0v) is 17.9. The average Bonchev–Trinajstić information content (AvgIpc) is 2.73. The Labute approximate surface area is 177 Å². The largest absolute Gasteiger partial charge is 0.497 e. The molecule has 3 aromatic rings. The van der Waals surface area contributed by atoms with E-state index in [1.165, 1.54) is 31.4 Å². The summed E-state index contributed by atoms with van der Waals surface area (Å²) in [5, 5.41) is 0. The molecule has 0 radical (unpaired) electrons. The van der Waals surface area contributed by atoms with Gasteiger partial charge >= 0.3 is 0 Å². The molecule has 0 fully saturated rings. The van der Waals surface area contributed by atoms with Gasteiger partial charge in [-0.2, -0.15) is 4.31 Å². The van der Waals surface area contributed by atoms with Gasteiger partial charge in [-0.15, -0.1) is 0 Å². The number of benzene rings is 3. The fourth-order valence-electron chi connectivity index (χ4n) is 2.59. The average molecular weight is 476 g/mol. The minimum Gasteiger partial charge on any atom is -0.497 e. The number of hydrogen-bond donors (Lipinski definition) is 0. The van der Waals surface area contributed by atoms with Crippen molar-refractivity contribution in [1.29, 1.82) is 0 Å². The topological polar surface area (TPSA) is 72.9 Å². The van der Waals surface area contributed by atoms with Crippen LogP contribution in [0.5, 0.6) is 11.5 Å². The molecule has 0 aromatic heterocycles. The molecule has 0 saturated carbocycles. The Balaban J connectivity index is 1.94. The quantitative estimate of drug-likeness (QED) is 0.510. The Morgan fingerprint density at radius 2 is 1.62 bits per heavy atom. The molecule has 0 N–H and O–H groups in total. The summed E-state index contributed by atoms with van der Waals surface area (Å²) in [6.45, 7) is -0.450. The maximum atomic E-state index is 13.2. The fraction of sp³-hybridized carbons (Fsp3) is 0.0952. The van der Waals surface area contributed by atoms with E-state index in [2.05, 4.69) is 15.9 Å². The van der Waals surface area contributed by atoms with Crippen LogP contribution in [0.4, 0.5) is 5.69 Å². The highest BCUT2D eigenvalue weighted by atomic mass is 79.9. The van der Waals surface area contributed by atoms with Gasteiger partial charge in [0.05, 0.1) is 17.7 Å². The predicted octanol–water partition coefficient (Wildman–Crippen LogP) is 4.26. The first-order valence-electron chi connectivity index (χ1n) is 8.57. The number of anilines is 1. The highest BCUT2D eigenvalue weighted by molar-refractivity contribution is 9.10. The van der Waals surface area contributed by atoms with E-state index in [0.29, 0.717) is 11.5 Å². The van der Waals surface area contributed by atoms with Gasteiger partial charge in [-0.05, 0) is 54.6 Å². The van der Waals surface area contributed by atoms with E-state index in [1.807, 2.05) is 6.07 Å². The summed E-state index contributed by atoms with van der Waals surface area (Å²) in [6, 6.07) is 20.9. The maximum absolute atomic E-state index is 13.2. The third-order valence-electron chi connectivity index (χ3n) is 3.97. The minimum absolute atomic E-state index is 0.00613. The standard InChI is InChI=1S/C21H18BrNO5S/c1-27-18-12-10-17(11-13-18)23(29(25,26)20-8-3-2-4-9-20)21(24)15-28-19-7-5-6-16(22)14-19/h2-14H,15H2,1H3. The Kier molecular flexibility index (Phi) is 6.56. The normalized spacial score (nSPS) is 11.0. The van der Waals surface area contributed by atoms with Crippen molar-refractivity contribution in [2.75, 3.05) is 18.0 Å². The second kappa shape index (κ2) is 9.11. The van der Waals surface area contributed by atoms with Gasteiger partial charge in [0, 0.05) is 4.47 Å². The number of rotatable bonds is 7. The number of carbonyl (C=O) groups excluding carboxylic acids is 1. The molecule has 0 unspecified atom stereocenters. The Morgan fingerprint density at radius 1 is 0.931 bits per heavy atom. The molecule has 0 aliphatic rings. The molecule has 0 heterocycles. The van der Waals surface area contributed by atoms with Gasteiger partial charge in [0.25, 0.3) is 15.9 Å². The van der Waals surface area contributed by atoms with Crippen LogP contribution in [0, 0.1) is 0 Å². The van der Waals surface area contributed by atoms with E-state index in [4.69, 9.17) is 9.47 Å². The molecule has 0 saturated heterocycles. The van der Waals surface area contributed by atoms with Crippen molar-refractivity contribution < 1.29 is 22.7 Å². The van der Waals surface area contributed by atoms with Crippen molar-refractivity contribution >= 4 is 37.5 Å². The van der Waals surface area contributed by atoms with Crippen LogP contribution < -0.4 is 13.8 Å². The molecule has 0 aliphatic carbocycles. The lowest BCUT2D eigenvalue weighted by atomic mass is 10.3. The van der Waals surface area contributed by atoms with E-state index in [-0.39, 0.29) is 10.6 Å². The number of halogens is 1. The highest BCUT2D eigenvalue weighted by Gasteiger charge is 2.31. The van der Waals surface area contributed by atoms with E-state index >= 15 is 0 Å². The van der Waals surface area contributed by atoms with Gasteiger partial charge in [0.15, 0.2) is 6.61 Å². The highest BCUT2D eigenvalue weighted by Crippen LogP contribution is 2.26. The molecular weight excluding hydrogens is 458 g/mol. The molecule has 29 heavy (non-hydrogen) atoms. The van der Waals surface area contributed by atoms with Gasteiger partial charge in [0.2, 0.25) is 0 Å². The summed E-state index contributed by atoms with van der Waals surface area (Å²) >= 11 is 3.33. The molecule has 0 spiro atoms. The summed E-state index contributed by atoms with van der Waals surface area (Å²) in [5.41, 5.74) is 0.192. The van der Waals surface area contributed by atoms with Gasteiger partial charge in [-0.1, -0.05) is 40.2 Å². The minimum atomic E-state index is -4.13. The monoisotopic (exact) mass is 475 g/mol. The summed E-state index contributed by atoms with van der Waals surface area (Å²) in [5.74, 6) is 0.266. The van der Waals surface area contributed by atoms with Crippen LogP contribution in [-0.2, 0) is 14.8 Å². The van der Waals surface area contributed by atoms with Crippen LogP contribution in [0.2, 0.25) is 0 Å². The van der Waals surface area contributed by atoms with Crippen LogP contribution in [0.25, 0.3) is 0 Å². The van der Waals surface area contributed by atoms with Crippen molar-refractivity contribution in [2.45, 2.75) is 4.90 Å². The second-order valence-electron chi connectivity index (χ2n) is 5.92.